The maximum Gasteiger partial charge on any atom is 0.270 e. The predicted octanol–water partition coefficient (Wildman–Crippen LogP) is 3.47. The highest BCUT2D eigenvalue weighted by molar-refractivity contribution is 6.30. The van der Waals surface area contributed by atoms with Gasteiger partial charge in [0.25, 0.3) is 5.91 Å². The number of imidazole rings is 1. The van der Waals surface area contributed by atoms with Crippen LogP contribution in [0.3, 0.4) is 0 Å². The number of fused-ring (bicyclic) bond motifs is 1. The van der Waals surface area contributed by atoms with Crippen LogP contribution < -0.4 is 5.32 Å². The molecular formula is C15H20ClN3O. The van der Waals surface area contributed by atoms with Crippen molar-refractivity contribution in [1.82, 2.24) is 14.7 Å². The van der Waals surface area contributed by atoms with Crippen LogP contribution in [0, 0.1) is 0 Å². The summed E-state index contributed by atoms with van der Waals surface area (Å²) in [5.74, 6) is -0.0622. The number of rotatable bonds is 6. The van der Waals surface area contributed by atoms with Gasteiger partial charge in [0.2, 0.25) is 0 Å². The molecule has 0 aliphatic carbocycles. The normalized spacial score (nSPS) is 10.9. The number of nitrogens with one attached hydrogen (secondary N) is 1. The van der Waals surface area contributed by atoms with Crippen LogP contribution in [0.1, 0.15) is 49.3 Å². The van der Waals surface area contributed by atoms with Crippen molar-refractivity contribution in [2.75, 3.05) is 6.54 Å². The smallest absolute Gasteiger partial charge is 0.270 e. The number of carbonyl (C=O) groups is 1. The van der Waals surface area contributed by atoms with Crippen LogP contribution >= 0.6 is 11.6 Å². The molecule has 0 fully saturated rings. The maximum absolute atomic E-state index is 12.3. The van der Waals surface area contributed by atoms with Crippen LogP contribution in [0.4, 0.5) is 0 Å². The van der Waals surface area contributed by atoms with Gasteiger partial charge in [0.05, 0.1) is 5.69 Å². The topological polar surface area (TPSA) is 46.4 Å². The van der Waals surface area contributed by atoms with Crippen LogP contribution in [-0.2, 0) is 6.42 Å². The third-order valence-electron chi connectivity index (χ3n) is 3.28. The molecule has 0 aromatic carbocycles. The van der Waals surface area contributed by atoms with Gasteiger partial charge in [0, 0.05) is 23.8 Å². The molecule has 2 aromatic heterocycles. The minimum atomic E-state index is -0.0622. The number of aryl methyl sites for hydroxylation is 1. The van der Waals surface area contributed by atoms with Crippen molar-refractivity contribution in [1.29, 1.82) is 0 Å². The average molecular weight is 294 g/mol. The third-order valence-corrected chi connectivity index (χ3v) is 3.51. The van der Waals surface area contributed by atoms with E-state index in [0.29, 0.717) is 22.9 Å². The molecule has 0 aliphatic rings. The molecule has 4 nitrogen and oxygen atoms in total. The van der Waals surface area contributed by atoms with E-state index in [1.165, 1.54) is 0 Å². The van der Waals surface area contributed by atoms with E-state index < -0.39 is 0 Å². The standard InChI is InChI=1S/C15H20ClN3O/c1-3-5-6-8-17-15(20)14-12(4-2)18-13-10-11(16)7-9-19(13)14/h7,9-10H,3-6,8H2,1-2H3,(H,17,20). The number of halogens is 1. The second kappa shape index (κ2) is 6.75. The van der Waals surface area contributed by atoms with E-state index in [4.69, 9.17) is 11.6 Å². The molecule has 0 radical (unpaired) electrons. The first-order valence-electron chi connectivity index (χ1n) is 7.12. The van der Waals surface area contributed by atoms with Gasteiger partial charge < -0.3 is 5.32 Å². The Bertz CT molecular complexity index is 606. The number of unbranched alkanes of at least 4 members (excludes halogenated alkanes) is 2. The summed E-state index contributed by atoms with van der Waals surface area (Å²) in [6.45, 7) is 4.85. The first kappa shape index (κ1) is 14.9. The second-order valence-corrected chi connectivity index (χ2v) is 5.23. The molecular weight excluding hydrogens is 274 g/mol. The lowest BCUT2D eigenvalue weighted by molar-refractivity contribution is 0.0946. The summed E-state index contributed by atoms with van der Waals surface area (Å²) in [7, 11) is 0. The number of pyridine rings is 1. The Kier molecular flexibility index (Phi) is 5.01. The zero-order chi connectivity index (χ0) is 14.5. The Labute approximate surface area is 124 Å². The Morgan fingerprint density at radius 2 is 2.20 bits per heavy atom. The summed E-state index contributed by atoms with van der Waals surface area (Å²) >= 11 is 5.97. The molecule has 20 heavy (non-hydrogen) atoms. The van der Waals surface area contributed by atoms with Crippen molar-refractivity contribution >= 4 is 23.2 Å². The van der Waals surface area contributed by atoms with E-state index >= 15 is 0 Å². The number of aromatic nitrogens is 2. The van der Waals surface area contributed by atoms with Gasteiger partial charge in [-0.2, -0.15) is 0 Å². The number of hydrogen-bond acceptors (Lipinski definition) is 2. The molecule has 108 valence electrons. The van der Waals surface area contributed by atoms with Gasteiger partial charge in [-0.25, -0.2) is 4.98 Å². The molecule has 0 aliphatic heterocycles. The largest absolute Gasteiger partial charge is 0.351 e. The zero-order valence-corrected chi connectivity index (χ0v) is 12.7. The van der Waals surface area contributed by atoms with E-state index in [1.54, 1.807) is 22.7 Å². The van der Waals surface area contributed by atoms with Crippen LogP contribution in [0.15, 0.2) is 18.3 Å². The van der Waals surface area contributed by atoms with E-state index in [9.17, 15) is 4.79 Å². The highest BCUT2D eigenvalue weighted by Crippen LogP contribution is 2.17. The maximum atomic E-state index is 12.3. The molecule has 0 saturated carbocycles. The molecule has 0 saturated heterocycles. The fourth-order valence-corrected chi connectivity index (χ4v) is 2.37. The lowest BCUT2D eigenvalue weighted by Crippen LogP contribution is -2.26. The Balaban J connectivity index is 2.25. The molecule has 1 N–H and O–H groups in total. The highest BCUT2D eigenvalue weighted by atomic mass is 35.5. The minimum absolute atomic E-state index is 0.0622. The van der Waals surface area contributed by atoms with E-state index in [-0.39, 0.29) is 5.91 Å². The van der Waals surface area contributed by atoms with Crippen molar-refractivity contribution < 1.29 is 4.79 Å². The van der Waals surface area contributed by atoms with Gasteiger partial charge in [0.15, 0.2) is 0 Å². The van der Waals surface area contributed by atoms with Gasteiger partial charge in [-0.15, -0.1) is 0 Å². The van der Waals surface area contributed by atoms with Crippen LogP contribution in [0.2, 0.25) is 5.02 Å². The average Bonchev–Trinajstić information content (AvgIpc) is 2.80. The molecule has 5 heteroatoms. The van der Waals surface area contributed by atoms with Crippen LogP contribution in [0.25, 0.3) is 5.65 Å². The van der Waals surface area contributed by atoms with Crippen molar-refractivity contribution in [3.63, 3.8) is 0 Å². The lowest BCUT2D eigenvalue weighted by atomic mass is 10.2. The molecule has 0 unspecified atom stereocenters. The first-order valence-corrected chi connectivity index (χ1v) is 7.49. The molecule has 0 spiro atoms. The van der Waals surface area contributed by atoms with Gasteiger partial charge in [-0.3, -0.25) is 9.20 Å². The first-order chi connectivity index (χ1) is 9.67. The summed E-state index contributed by atoms with van der Waals surface area (Å²) < 4.78 is 1.81. The molecule has 2 rings (SSSR count). The Morgan fingerprint density at radius 3 is 2.90 bits per heavy atom. The van der Waals surface area contributed by atoms with Gasteiger partial charge in [-0.05, 0) is 18.9 Å². The van der Waals surface area contributed by atoms with Gasteiger partial charge in [0.1, 0.15) is 11.3 Å². The summed E-state index contributed by atoms with van der Waals surface area (Å²) in [6, 6.07) is 3.54. The molecule has 0 atom stereocenters. The summed E-state index contributed by atoms with van der Waals surface area (Å²) in [5.41, 5.74) is 2.14. The number of nitrogens with zero attached hydrogens (tertiary/aromatic N) is 2. The quantitative estimate of drug-likeness (QED) is 0.829. The Hall–Kier alpha value is -1.55. The van der Waals surface area contributed by atoms with E-state index in [0.717, 1.165) is 31.4 Å². The number of hydrogen-bond donors (Lipinski definition) is 1. The van der Waals surface area contributed by atoms with Crippen LogP contribution in [0.5, 0.6) is 0 Å². The van der Waals surface area contributed by atoms with E-state index in [1.807, 2.05) is 6.92 Å². The lowest BCUT2D eigenvalue weighted by Gasteiger charge is -2.06. The molecule has 0 bridgehead atoms. The monoisotopic (exact) mass is 293 g/mol. The second-order valence-electron chi connectivity index (χ2n) is 4.80. The number of carbonyl (C=O) groups excluding carboxylic acids is 1. The van der Waals surface area contributed by atoms with Gasteiger partial charge in [-0.1, -0.05) is 38.3 Å². The molecule has 2 aromatic rings. The van der Waals surface area contributed by atoms with Gasteiger partial charge >= 0.3 is 0 Å². The fourth-order valence-electron chi connectivity index (χ4n) is 2.22. The predicted molar refractivity (Wildman–Crippen MR) is 81.4 cm³/mol. The fraction of sp³-hybridized carbons (Fsp3) is 0.467. The zero-order valence-electron chi connectivity index (χ0n) is 11.9. The van der Waals surface area contributed by atoms with Crippen LogP contribution in [-0.4, -0.2) is 21.8 Å². The van der Waals surface area contributed by atoms with Crippen molar-refractivity contribution in [3.05, 3.63) is 34.7 Å². The number of amides is 1. The SMILES string of the molecule is CCCCCNC(=O)c1c(CC)nc2cc(Cl)ccn12. The third kappa shape index (κ3) is 3.12. The highest BCUT2D eigenvalue weighted by Gasteiger charge is 2.17. The van der Waals surface area contributed by atoms with E-state index in [2.05, 4.69) is 17.2 Å². The molecule has 1 amide bonds. The summed E-state index contributed by atoms with van der Waals surface area (Å²) in [5, 5.41) is 3.59. The van der Waals surface area contributed by atoms with Crippen molar-refractivity contribution in [2.45, 2.75) is 39.5 Å². The van der Waals surface area contributed by atoms with Crippen molar-refractivity contribution in [2.24, 2.45) is 0 Å². The minimum Gasteiger partial charge on any atom is -0.351 e. The molecule has 2 heterocycles. The summed E-state index contributed by atoms with van der Waals surface area (Å²) in [6.07, 6.45) is 5.79. The Morgan fingerprint density at radius 1 is 1.40 bits per heavy atom. The van der Waals surface area contributed by atoms with Crippen molar-refractivity contribution in [3.8, 4) is 0 Å². The summed E-state index contributed by atoms with van der Waals surface area (Å²) in [4.78, 5) is 16.8.